The molecule has 0 atom stereocenters. The summed E-state index contributed by atoms with van der Waals surface area (Å²) in [5, 5.41) is 3.22. The third-order valence-electron chi connectivity index (χ3n) is 4.31. The van der Waals surface area contributed by atoms with E-state index in [2.05, 4.69) is 5.32 Å². The van der Waals surface area contributed by atoms with E-state index < -0.39 is 12.1 Å². The van der Waals surface area contributed by atoms with Gasteiger partial charge in [0.25, 0.3) is 5.91 Å². The molecule has 3 nitrogen and oxygen atoms in total. The Balaban J connectivity index is 1.67. The number of anilines is 1. The Bertz CT molecular complexity index is 548. The Kier molecular flexibility index (Phi) is 3.55. The van der Waals surface area contributed by atoms with Gasteiger partial charge in [-0.2, -0.15) is 13.2 Å². The summed E-state index contributed by atoms with van der Waals surface area (Å²) in [6.45, 7) is 1.22. The van der Waals surface area contributed by atoms with Crippen LogP contribution in [0.15, 0.2) is 18.2 Å². The van der Waals surface area contributed by atoms with Gasteiger partial charge in [0, 0.05) is 30.9 Å². The molecular formula is C15H17F3N2O. The number of benzene rings is 1. The Morgan fingerprint density at radius 1 is 1.24 bits per heavy atom. The minimum Gasteiger partial charge on any atom is -0.384 e. The maximum Gasteiger partial charge on any atom is 0.391 e. The first-order valence-corrected chi connectivity index (χ1v) is 7.18. The van der Waals surface area contributed by atoms with E-state index in [0.717, 1.165) is 24.2 Å². The molecule has 0 aliphatic carbocycles. The van der Waals surface area contributed by atoms with Gasteiger partial charge in [-0.25, -0.2) is 0 Å². The lowest BCUT2D eigenvalue weighted by Gasteiger charge is -2.33. The SMILES string of the molecule is O=C(c1ccc2c(c1)CCN2)N1CCC(C(F)(F)F)CC1. The van der Waals surface area contributed by atoms with Crippen LogP contribution in [-0.4, -0.2) is 36.6 Å². The zero-order chi connectivity index (χ0) is 15.0. The third kappa shape index (κ3) is 2.84. The van der Waals surface area contributed by atoms with Gasteiger partial charge < -0.3 is 10.2 Å². The standard InChI is InChI=1S/C15H17F3N2O/c16-15(17,18)12-4-7-20(8-5-12)14(21)11-1-2-13-10(9-11)3-6-19-13/h1-2,9,12,19H,3-8H2. The number of amides is 1. The molecule has 1 amide bonds. The number of carbonyl (C=O) groups excluding carboxylic acids is 1. The lowest BCUT2D eigenvalue weighted by molar-refractivity contribution is -0.183. The first-order valence-electron chi connectivity index (χ1n) is 7.18. The molecule has 0 unspecified atom stereocenters. The van der Waals surface area contributed by atoms with Crippen molar-refractivity contribution in [2.45, 2.75) is 25.4 Å². The highest BCUT2D eigenvalue weighted by molar-refractivity contribution is 5.95. The first kappa shape index (κ1) is 14.2. The molecule has 0 saturated carbocycles. The van der Waals surface area contributed by atoms with Crippen molar-refractivity contribution in [1.82, 2.24) is 4.90 Å². The molecule has 114 valence electrons. The second kappa shape index (κ2) is 5.24. The quantitative estimate of drug-likeness (QED) is 0.864. The van der Waals surface area contributed by atoms with Gasteiger partial charge in [-0.1, -0.05) is 0 Å². The Morgan fingerprint density at radius 2 is 1.95 bits per heavy atom. The molecule has 0 spiro atoms. The van der Waals surface area contributed by atoms with Crippen molar-refractivity contribution in [3.63, 3.8) is 0 Å². The monoisotopic (exact) mass is 298 g/mol. The molecule has 2 aliphatic rings. The van der Waals surface area contributed by atoms with Gasteiger partial charge in [0.2, 0.25) is 0 Å². The second-order valence-corrected chi connectivity index (χ2v) is 5.66. The number of nitrogens with zero attached hydrogens (tertiary/aromatic N) is 1. The van der Waals surface area contributed by atoms with Crippen LogP contribution >= 0.6 is 0 Å². The topological polar surface area (TPSA) is 32.3 Å². The van der Waals surface area contributed by atoms with Crippen LogP contribution < -0.4 is 5.32 Å². The molecule has 3 rings (SSSR count). The summed E-state index contributed by atoms with van der Waals surface area (Å²) in [4.78, 5) is 13.9. The molecule has 0 bridgehead atoms. The number of likely N-dealkylation sites (tertiary alicyclic amines) is 1. The summed E-state index contributed by atoms with van der Waals surface area (Å²) in [6, 6.07) is 5.47. The van der Waals surface area contributed by atoms with Crippen molar-refractivity contribution in [3.05, 3.63) is 29.3 Å². The van der Waals surface area contributed by atoms with E-state index in [9.17, 15) is 18.0 Å². The molecule has 21 heavy (non-hydrogen) atoms. The van der Waals surface area contributed by atoms with Gasteiger partial charge in [-0.15, -0.1) is 0 Å². The number of fused-ring (bicyclic) bond motifs is 1. The van der Waals surface area contributed by atoms with E-state index >= 15 is 0 Å². The van der Waals surface area contributed by atoms with Gasteiger partial charge in [0.1, 0.15) is 0 Å². The molecule has 1 aromatic carbocycles. The van der Waals surface area contributed by atoms with Crippen LogP contribution in [0.25, 0.3) is 0 Å². The number of hydrogen-bond donors (Lipinski definition) is 1. The van der Waals surface area contributed by atoms with Crippen molar-refractivity contribution in [2.24, 2.45) is 5.92 Å². The van der Waals surface area contributed by atoms with Crippen LogP contribution in [0.2, 0.25) is 0 Å². The summed E-state index contributed by atoms with van der Waals surface area (Å²) >= 11 is 0. The second-order valence-electron chi connectivity index (χ2n) is 5.66. The van der Waals surface area contributed by atoms with Crippen molar-refractivity contribution < 1.29 is 18.0 Å². The summed E-state index contributed by atoms with van der Waals surface area (Å²) < 4.78 is 37.9. The highest BCUT2D eigenvalue weighted by Crippen LogP contribution is 2.34. The summed E-state index contributed by atoms with van der Waals surface area (Å²) in [6.07, 6.45) is -3.26. The van der Waals surface area contributed by atoms with Crippen LogP contribution in [0.1, 0.15) is 28.8 Å². The summed E-state index contributed by atoms with van der Waals surface area (Å²) in [5.41, 5.74) is 2.72. The summed E-state index contributed by atoms with van der Waals surface area (Å²) in [5.74, 6) is -1.43. The zero-order valence-corrected chi connectivity index (χ0v) is 11.5. The highest BCUT2D eigenvalue weighted by atomic mass is 19.4. The zero-order valence-electron chi connectivity index (χ0n) is 11.5. The molecule has 0 aromatic heterocycles. The van der Waals surface area contributed by atoms with Crippen LogP contribution in [0.4, 0.5) is 18.9 Å². The molecule has 1 aromatic rings. The highest BCUT2D eigenvalue weighted by Gasteiger charge is 2.41. The number of alkyl halides is 3. The van der Waals surface area contributed by atoms with Gasteiger partial charge in [0.15, 0.2) is 0 Å². The van der Waals surface area contributed by atoms with Crippen molar-refractivity contribution in [1.29, 1.82) is 0 Å². The molecular weight excluding hydrogens is 281 g/mol. The van der Waals surface area contributed by atoms with Crippen LogP contribution in [-0.2, 0) is 6.42 Å². The van der Waals surface area contributed by atoms with Crippen LogP contribution in [0.5, 0.6) is 0 Å². The predicted molar refractivity (Wildman–Crippen MR) is 73.3 cm³/mol. The van der Waals surface area contributed by atoms with Crippen molar-refractivity contribution in [2.75, 3.05) is 25.0 Å². The van der Waals surface area contributed by atoms with Gasteiger partial charge in [-0.05, 0) is 43.0 Å². The first-order chi connectivity index (χ1) is 9.95. The molecule has 1 fully saturated rings. The fourth-order valence-electron chi connectivity index (χ4n) is 3.03. The third-order valence-corrected chi connectivity index (χ3v) is 4.31. The minimum absolute atomic E-state index is 0.00172. The number of hydrogen-bond acceptors (Lipinski definition) is 2. The molecule has 2 heterocycles. The fourth-order valence-corrected chi connectivity index (χ4v) is 3.03. The maximum absolute atomic E-state index is 12.6. The van der Waals surface area contributed by atoms with Crippen LogP contribution in [0.3, 0.4) is 0 Å². The number of carbonyl (C=O) groups is 1. The van der Waals surface area contributed by atoms with E-state index in [0.29, 0.717) is 5.56 Å². The molecule has 6 heteroatoms. The Morgan fingerprint density at radius 3 is 2.62 bits per heavy atom. The molecule has 1 N–H and O–H groups in total. The predicted octanol–water partition coefficient (Wildman–Crippen LogP) is 3.07. The van der Waals surface area contributed by atoms with E-state index in [1.807, 2.05) is 12.1 Å². The maximum atomic E-state index is 12.6. The lowest BCUT2D eigenvalue weighted by Crippen LogP contribution is -2.42. The van der Waals surface area contributed by atoms with Gasteiger partial charge in [0.05, 0.1) is 5.92 Å². The molecule has 0 radical (unpaired) electrons. The van der Waals surface area contributed by atoms with Crippen molar-refractivity contribution in [3.8, 4) is 0 Å². The van der Waals surface area contributed by atoms with E-state index in [4.69, 9.17) is 0 Å². The Hall–Kier alpha value is -1.72. The summed E-state index contributed by atoms with van der Waals surface area (Å²) in [7, 11) is 0. The largest absolute Gasteiger partial charge is 0.391 e. The van der Waals surface area contributed by atoms with E-state index in [1.54, 1.807) is 6.07 Å². The lowest BCUT2D eigenvalue weighted by atomic mass is 9.95. The van der Waals surface area contributed by atoms with E-state index in [1.165, 1.54) is 4.90 Å². The fraction of sp³-hybridized carbons (Fsp3) is 0.533. The van der Waals surface area contributed by atoms with Gasteiger partial charge in [-0.3, -0.25) is 4.79 Å². The Labute approximate surface area is 121 Å². The van der Waals surface area contributed by atoms with Gasteiger partial charge >= 0.3 is 6.18 Å². The number of halogens is 3. The normalized spacial score (nSPS) is 19.3. The van der Waals surface area contributed by atoms with Crippen molar-refractivity contribution >= 4 is 11.6 Å². The number of rotatable bonds is 1. The average molecular weight is 298 g/mol. The number of nitrogens with one attached hydrogen (secondary N) is 1. The smallest absolute Gasteiger partial charge is 0.384 e. The molecule has 2 aliphatic heterocycles. The van der Waals surface area contributed by atoms with E-state index in [-0.39, 0.29) is 31.8 Å². The molecule has 1 saturated heterocycles. The number of piperidine rings is 1. The minimum atomic E-state index is -4.14. The van der Waals surface area contributed by atoms with Crippen LogP contribution in [0, 0.1) is 5.92 Å². The average Bonchev–Trinajstić information content (AvgIpc) is 2.93.